The van der Waals surface area contributed by atoms with E-state index in [1.807, 2.05) is 0 Å². The van der Waals surface area contributed by atoms with E-state index in [1.54, 1.807) is 32.0 Å². The topological polar surface area (TPSA) is 20.2 Å². The van der Waals surface area contributed by atoms with Crippen molar-refractivity contribution < 1.29 is 9.50 Å². The van der Waals surface area contributed by atoms with Crippen molar-refractivity contribution in [1.82, 2.24) is 0 Å². The average Bonchev–Trinajstić information content (AvgIpc) is 2.01. The standard InChI is InChI=1S/C11H14BrFO/c1-7(13)9-5-4-8(6-10(9)12)11(2,3)14/h4-7,14H,1-3H3. The van der Waals surface area contributed by atoms with Gasteiger partial charge in [-0.15, -0.1) is 0 Å². The molecule has 0 saturated carbocycles. The van der Waals surface area contributed by atoms with Crippen LogP contribution < -0.4 is 0 Å². The van der Waals surface area contributed by atoms with E-state index in [1.165, 1.54) is 6.92 Å². The third kappa shape index (κ3) is 2.55. The van der Waals surface area contributed by atoms with Gasteiger partial charge in [-0.1, -0.05) is 28.1 Å². The van der Waals surface area contributed by atoms with Gasteiger partial charge in [-0.2, -0.15) is 0 Å². The maximum absolute atomic E-state index is 13.0. The molecule has 0 heterocycles. The van der Waals surface area contributed by atoms with E-state index in [4.69, 9.17) is 0 Å². The van der Waals surface area contributed by atoms with Crippen molar-refractivity contribution in [3.63, 3.8) is 0 Å². The highest BCUT2D eigenvalue weighted by atomic mass is 79.9. The monoisotopic (exact) mass is 260 g/mol. The largest absolute Gasteiger partial charge is 0.386 e. The lowest BCUT2D eigenvalue weighted by Gasteiger charge is -2.19. The summed E-state index contributed by atoms with van der Waals surface area (Å²) in [5.41, 5.74) is 0.493. The summed E-state index contributed by atoms with van der Waals surface area (Å²) in [4.78, 5) is 0. The van der Waals surface area contributed by atoms with Crippen LogP contribution >= 0.6 is 15.9 Å². The summed E-state index contributed by atoms with van der Waals surface area (Å²) in [6.07, 6.45) is -1.000. The highest BCUT2D eigenvalue weighted by molar-refractivity contribution is 9.10. The minimum Gasteiger partial charge on any atom is -0.386 e. The number of alkyl halides is 1. The molecule has 0 fully saturated rings. The fourth-order valence-corrected chi connectivity index (χ4v) is 1.92. The van der Waals surface area contributed by atoms with Crippen LogP contribution in [0.15, 0.2) is 22.7 Å². The van der Waals surface area contributed by atoms with Crippen LogP contribution in [0.25, 0.3) is 0 Å². The van der Waals surface area contributed by atoms with Crippen molar-refractivity contribution in [2.45, 2.75) is 32.5 Å². The van der Waals surface area contributed by atoms with Crippen molar-refractivity contribution in [1.29, 1.82) is 0 Å². The Morgan fingerprint density at radius 3 is 2.36 bits per heavy atom. The predicted molar refractivity (Wildman–Crippen MR) is 58.9 cm³/mol. The molecular weight excluding hydrogens is 247 g/mol. The van der Waals surface area contributed by atoms with Gasteiger partial charge in [-0.25, -0.2) is 4.39 Å². The second-order valence-corrected chi connectivity index (χ2v) is 4.77. The highest BCUT2D eigenvalue weighted by Crippen LogP contribution is 2.30. The fraction of sp³-hybridized carbons (Fsp3) is 0.455. The average molecular weight is 261 g/mol. The third-order valence-corrected chi connectivity index (χ3v) is 2.82. The molecule has 3 heteroatoms. The third-order valence-electron chi connectivity index (χ3n) is 2.14. The number of aliphatic hydroxyl groups is 1. The molecule has 1 atom stereocenters. The maximum Gasteiger partial charge on any atom is 0.123 e. The van der Waals surface area contributed by atoms with Gasteiger partial charge in [0.1, 0.15) is 6.17 Å². The Kier molecular flexibility index (Phi) is 3.32. The Labute approximate surface area is 92.1 Å². The van der Waals surface area contributed by atoms with E-state index in [9.17, 15) is 9.50 Å². The van der Waals surface area contributed by atoms with Crippen LogP contribution in [0.3, 0.4) is 0 Å². The molecule has 0 radical (unpaired) electrons. The summed E-state index contributed by atoms with van der Waals surface area (Å²) < 4.78 is 13.7. The molecule has 1 N–H and O–H groups in total. The SMILES string of the molecule is CC(F)c1ccc(C(C)(C)O)cc1Br. The molecule has 0 saturated heterocycles. The molecule has 0 amide bonds. The van der Waals surface area contributed by atoms with Gasteiger partial charge in [-0.05, 0) is 38.0 Å². The Balaban J connectivity index is 3.13. The maximum atomic E-state index is 13.0. The van der Waals surface area contributed by atoms with Crippen LogP contribution in [0.1, 0.15) is 38.1 Å². The van der Waals surface area contributed by atoms with Gasteiger partial charge in [0.2, 0.25) is 0 Å². The molecule has 0 aliphatic carbocycles. The quantitative estimate of drug-likeness (QED) is 0.860. The first-order chi connectivity index (χ1) is 6.32. The first-order valence-corrected chi connectivity index (χ1v) is 5.28. The number of rotatable bonds is 2. The summed E-state index contributed by atoms with van der Waals surface area (Å²) in [6.45, 7) is 4.89. The molecule has 1 rings (SSSR count). The van der Waals surface area contributed by atoms with Crippen LogP contribution in [0, 0.1) is 0 Å². The van der Waals surface area contributed by atoms with Gasteiger partial charge < -0.3 is 5.11 Å². The van der Waals surface area contributed by atoms with Crippen LogP contribution in [0.2, 0.25) is 0 Å². The zero-order valence-electron chi connectivity index (χ0n) is 8.51. The van der Waals surface area contributed by atoms with Crippen molar-refractivity contribution in [2.75, 3.05) is 0 Å². The van der Waals surface area contributed by atoms with Gasteiger partial charge in [-0.3, -0.25) is 0 Å². The van der Waals surface area contributed by atoms with E-state index >= 15 is 0 Å². The molecule has 1 unspecified atom stereocenters. The Bertz CT molecular complexity index is 329. The summed E-state index contributed by atoms with van der Waals surface area (Å²) in [7, 11) is 0. The zero-order chi connectivity index (χ0) is 10.9. The van der Waals surface area contributed by atoms with Crippen LogP contribution in [-0.2, 0) is 5.60 Å². The lowest BCUT2D eigenvalue weighted by Crippen LogP contribution is -2.15. The summed E-state index contributed by atoms with van der Waals surface area (Å²) in [5.74, 6) is 0. The van der Waals surface area contributed by atoms with Crippen LogP contribution in [0.4, 0.5) is 4.39 Å². The molecular formula is C11H14BrFO. The predicted octanol–water partition coefficient (Wildman–Crippen LogP) is 3.71. The Morgan fingerprint density at radius 2 is 2.00 bits per heavy atom. The van der Waals surface area contributed by atoms with Gasteiger partial charge in [0.05, 0.1) is 5.60 Å². The molecule has 1 aromatic carbocycles. The van der Waals surface area contributed by atoms with E-state index in [0.717, 1.165) is 5.56 Å². The summed E-state index contributed by atoms with van der Waals surface area (Å²) in [5, 5.41) is 9.73. The van der Waals surface area contributed by atoms with Gasteiger partial charge in [0, 0.05) is 4.47 Å². The summed E-state index contributed by atoms with van der Waals surface area (Å²) >= 11 is 3.29. The normalized spacial score (nSPS) is 14.1. The minimum absolute atomic E-state index is 0.609. The molecule has 14 heavy (non-hydrogen) atoms. The molecule has 1 aromatic rings. The van der Waals surface area contributed by atoms with Crippen molar-refractivity contribution in [3.05, 3.63) is 33.8 Å². The Morgan fingerprint density at radius 1 is 1.43 bits per heavy atom. The smallest absolute Gasteiger partial charge is 0.123 e. The number of halogens is 2. The molecule has 0 aliphatic rings. The second kappa shape index (κ2) is 3.99. The number of hydrogen-bond donors (Lipinski definition) is 1. The lowest BCUT2D eigenvalue weighted by molar-refractivity contribution is 0.0785. The molecule has 78 valence electrons. The molecule has 0 bridgehead atoms. The number of benzene rings is 1. The van der Waals surface area contributed by atoms with Gasteiger partial charge >= 0.3 is 0 Å². The van der Waals surface area contributed by atoms with E-state index < -0.39 is 11.8 Å². The van der Waals surface area contributed by atoms with Gasteiger partial charge in [0.15, 0.2) is 0 Å². The molecule has 1 nitrogen and oxygen atoms in total. The van der Waals surface area contributed by atoms with Crippen molar-refractivity contribution in [3.8, 4) is 0 Å². The van der Waals surface area contributed by atoms with E-state index in [0.29, 0.717) is 10.0 Å². The first-order valence-electron chi connectivity index (χ1n) is 4.48. The Hall–Kier alpha value is -0.410. The van der Waals surface area contributed by atoms with Gasteiger partial charge in [0.25, 0.3) is 0 Å². The number of hydrogen-bond acceptors (Lipinski definition) is 1. The van der Waals surface area contributed by atoms with Crippen LogP contribution in [-0.4, -0.2) is 5.11 Å². The summed E-state index contributed by atoms with van der Waals surface area (Å²) in [6, 6.07) is 5.20. The molecule has 0 spiro atoms. The first kappa shape index (κ1) is 11.7. The lowest BCUT2D eigenvalue weighted by atomic mass is 9.97. The zero-order valence-corrected chi connectivity index (χ0v) is 10.1. The second-order valence-electron chi connectivity index (χ2n) is 3.91. The van der Waals surface area contributed by atoms with E-state index in [2.05, 4.69) is 15.9 Å². The minimum atomic E-state index is -1.000. The van der Waals surface area contributed by atoms with Crippen LogP contribution in [0.5, 0.6) is 0 Å². The highest BCUT2D eigenvalue weighted by Gasteiger charge is 2.18. The fourth-order valence-electron chi connectivity index (χ4n) is 1.23. The van der Waals surface area contributed by atoms with E-state index in [-0.39, 0.29) is 0 Å². The van der Waals surface area contributed by atoms with Crippen molar-refractivity contribution in [2.24, 2.45) is 0 Å². The van der Waals surface area contributed by atoms with Crippen molar-refractivity contribution >= 4 is 15.9 Å². The molecule has 0 aromatic heterocycles. The molecule has 0 aliphatic heterocycles.